The van der Waals surface area contributed by atoms with Crippen LogP contribution >= 0.6 is 38.5 Å². The highest BCUT2D eigenvalue weighted by Gasteiger charge is 2.25. The first kappa shape index (κ1) is 24.5. The predicted octanol–water partition coefficient (Wildman–Crippen LogP) is 6.99. The van der Waals surface area contributed by atoms with Crippen molar-refractivity contribution in [1.29, 1.82) is 0 Å². The summed E-state index contributed by atoms with van der Waals surface area (Å²) in [7, 11) is 0. The molecule has 1 heterocycles. The summed E-state index contributed by atoms with van der Waals surface area (Å²) >= 11 is 5.86. The molecule has 3 aromatic carbocycles. The van der Waals surface area contributed by atoms with Crippen LogP contribution in [0, 0.1) is 17.4 Å². The van der Waals surface area contributed by atoms with Gasteiger partial charge in [-0.3, -0.25) is 0 Å². The van der Waals surface area contributed by atoms with E-state index in [1.807, 2.05) is 56.3 Å². The van der Waals surface area contributed by atoms with Gasteiger partial charge in [-0.2, -0.15) is 0 Å². The maximum atomic E-state index is 12.5. The van der Waals surface area contributed by atoms with Crippen LogP contribution in [0.15, 0.2) is 69.8 Å². The lowest BCUT2D eigenvalue weighted by atomic mass is 10.1. The van der Waals surface area contributed by atoms with Gasteiger partial charge >= 0.3 is 5.97 Å². The third kappa shape index (κ3) is 5.70. The lowest BCUT2D eigenvalue weighted by Gasteiger charge is -2.15. The molecule has 4 rings (SSSR count). The van der Waals surface area contributed by atoms with Gasteiger partial charge in [0, 0.05) is 9.13 Å². The Bertz CT molecular complexity index is 1300. The van der Waals surface area contributed by atoms with Crippen LogP contribution in [0.4, 0.5) is 0 Å². The van der Waals surface area contributed by atoms with Crippen molar-refractivity contribution in [1.82, 2.24) is 0 Å². The highest BCUT2D eigenvalue weighted by atomic mass is 127. The van der Waals surface area contributed by atoms with Gasteiger partial charge in [0.2, 0.25) is 5.90 Å². The van der Waals surface area contributed by atoms with Crippen LogP contribution in [-0.2, 0) is 16.1 Å². The molecule has 0 amide bonds. The molecule has 1 aliphatic heterocycles. The van der Waals surface area contributed by atoms with Gasteiger partial charge in [0.15, 0.2) is 17.2 Å². The number of halogens is 2. The summed E-state index contributed by atoms with van der Waals surface area (Å²) in [5.41, 5.74) is 5.10. The van der Waals surface area contributed by atoms with E-state index in [2.05, 4.69) is 62.6 Å². The average molecular weight is 632 g/mol. The largest absolute Gasteiger partial charge is 0.490 e. The van der Waals surface area contributed by atoms with Crippen molar-refractivity contribution >= 4 is 56.5 Å². The van der Waals surface area contributed by atoms with E-state index in [0.29, 0.717) is 30.6 Å². The van der Waals surface area contributed by atoms with E-state index in [9.17, 15) is 4.79 Å². The maximum Gasteiger partial charge on any atom is 0.363 e. The average Bonchev–Trinajstić information content (AvgIpc) is 3.16. The normalized spacial score (nSPS) is 14.2. The Morgan fingerprint density at radius 1 is 1.06 bits per heavy atom. The zero-order valence-corrected chi connectivity index (χ0v) is 22.8. The minimum absolute atomic E-state index is 0.230. The first-order valence-corrected chi connectivity index (χ1v) is 12.6. The fraction of sp³-hybridized carbons (Fsp3) is 0.185. The Labute approximate surface area is 221 Å². The molecule has 0 spiro atoms. The lowest BCUT2D eigenvalue weighted by molar-refractivity contribution is -0.129. The monoisotopic (exact) mass is 631 g/mol. The van der Waals surface area contributed by atoms with Crippen LogP contribution < -0.4 is 9.47 Å². The quantitative estimate of drug-likeness (QED) is 0.160. The van der Waals surface area contributed by atoms with Crippen LogP contribution in [0.3, 0.4) is 0 Å². The second-order valence-corrected chi connectivity index (χ2v) is 9.85. The molecule has 1 aliphatic rings. The first-order valence-electron chi connectivity index (χ1n) is 10.8. The van der Waals surface area contributed by atoms with E-state index >= 15 is 0 Å². The summed E-state index contributed by atoms with van der Waals surface area (Å²) in [4.78, 5) is 16.9. The Morgan fingerprint density at radius 3 is 2.53 bits per heavy atom. The number of esters is 1. The highest BCUT2D eigenvalue weighted by Crippen LogP contribution is 2.38. The number of aryl methyl sites for hydroxylation is 2. The zero-order valence-electron chi connectivity index (χ0n) is 19.0. The number of cyclic esters (lactones) is 1. The molecular weight excluding hydrogens is 609 g/mol. The van der Waals surface area contributed by atoms with Gasteiger partial charge in [0.1, 0.15) is 6.61 Å². The summed E-state index contributed by atoms with van der Waals surface area (Å²) in [6, 6.07) is 17.7. The molecule has 3 aromatic rings. The topological polar surface area (TPSA) is 57.1 Å². The number of rotatable bonds is 7. The van der Waals surface area contributed by atoms with E-state index in [1.54, 1.807) is 6.08 Å². The lowest BCUT2D eigenvalue weighted by Crippen LogP contribution is -2.05. The molecule has 0 N–H and O–H groups in total. The van der Waals surface area contributed by atoms with Gasteiger partial charge in [-0.1, -0.05) is 29.8 Å². The first-order chi connectivity index (χ1) is 16.3. The van der Waals surface area contributed by atoms with E-state index in [-0.39, 0.29) is 5.70 Å². The molecule has 0 fully saturated rings. The number of benzene rings is 3. The standard InChI is InChI=1S/C27H23BrINO4/c1-4-32-24-14-19(12-21(28)25(24)33-15-18-7-5-16(2)6-8-18)13-23-27(31)34-26(30-23)20-9-10-22(29)17(3)11-20/h5-14H,4,15H2,1-3H3/b23-13-. The summed E-state index contributed by atoms with van der Waals surface area (Å²) in [5, 5.41) is 0. The third-order valence-electron chi connectivity index (χ3n) is 5.16. The minimum Gasteiger partial charge on any atom is -0.490 e. The van der Waals surface area contributed by atoms with Gasteiger partial charge < -0.3 is 14.2 Å². The minimum atomic E-state index is -0.486. The number of carbonyl (C=O) groups excluding carboxylic acids is 1. The van der Waals surface area contributed by atoms with Crippen LogP contribution in [-0.4, -0.2) is 18.5 Å². The molecule has 0 unspecified atom stereocenters. The molecule has 7 heteroatoms. The highest BCUT2D eigenvalue weighted by molar-refractivity contribution is 14.1. The van der Waals surface area contributed by atoms with Crippen molar-refractivity contribution in [3.63, 3.8) is 0 Å². The van der Waals surface area contributed by atoms with Gasteiger partial charge in [-0.05, 0) is 112 Å². The Kier molecular flexibility index (Phi) is 7.73. The molecule has 5 nitrogen and oxygen atoms in total. The van der Waals surface area contributed by atoms with Crippen molar-refractivity contribution in [2.75, 3.05) is 6.61 Å². The molecule has 0 aliphatic carbocycles. The van der Waals surface area contributed by atoms with Crippen LogP contribution in [0.25, 0.3) is 6.08 Å². The van der Waals surface area contributed by atoms with Crippen molar-refractivity contribution in [2.24, 2.45) is 4.99 Å². The number of aliphatic imine (C=N–C) groups is 1. The molecule has 0 atom stereocenters. The fourth-order valence-corrected chi connectivity index (χ4v) is 4.29. The predicted molar refractivity (Wildman–Crippen MR) is 145 cm³/mol. The second kappa shape index (κ2) is 10.7. The van der Waals surface area contributed by atoms with Gasteiger partial charge in [0.25, 0.3) is 0 Å². The van der Waals surface area contributed by atoms with Crippen molar-refractivity contribution in [3.8, 4) is 11.5 Å². The molecule has 0 saturated carbocycles. The summed E-state index contributed by atoms with van der Waals surface area (Å²) in [5.74, 6) is 1.01. The zero-order chi connectivity index (χ0) is 24.2. The van der Waals surface area contributed by atoms with Gasteiger partial charge in [-0.25, -0.2) is 9.79 Å². The van der Waals surface area contributed by atoms with Crippen molar-refractivity contribution in [3.05, 3.63) is 96.2 Å². The Balaban J connectivity index is 1.61. The molecule has 0 radical (unpaired) electrons. The van der Waals surface area contributed by atoms with Gasteiger partial charge in [0.05, 0.1) is 11.1 Å². The smallest absolute Gasteiger partial charge is 0.363 e. The molecule has 174 valence electrons. The summed E-state index contributed by atoms with van der Waals surface area (Å²) in [6.07, 6.45) is 1.69. The fourth-order valence-electron chi connectivity index (χ4n) is 3.38. The maximum absolute atomic E-state index is 12.5. The number of nitrogens with zero attached hydrogens (tertiary/aromatic N) is 1. The van der Waals surface area contributed by atoms with Crippen LogP contribution in [0.1, 0.15) is 34.7 Å². The molecule has 34 heavy (non-hydrogen) atoms. The van der Waals surface area contributed by atoms with Crippen LogP contribution in [0.5, 0.6) is 11.5 Å². The van der Waals surface area contributed by atoms with Crippen molar-refractivity contribution < 1.29 is 19.0 Å². The van der Waals surface area contributed by atoms with E-state index in [1.165, 1.54) is 5.56 Å². The van der Waals surface area contributed by atoms with Crippen LogP contribution in [0.2, 0.25) is 0 Å². The van der Waals surface area contributed by atoms with E-state index in [0.717, 1.165) is 30.3 Å². The van der Waals surface area contributed by atoms with E-state index in [4.69, 9.17) is 14.2 Å². The Hall–Kier alpha value is -2.65. The number of carbonyl (C=O) groups is 1. The SMILES string of the molecule is CCOc1cc(/C=C2\N=C(c3ccc(I)c(C)c3)OC2=O)cc(Br)c1OCc1ccc(C)cc1. The van der Waals surface area contributed by atoms with Crippen molar-refractivity contribution in [2.45, 2.75) is 27.4 Å². The van der Waals surface area contributed by atoms with E-state index < -0.39 is 5.97 Å². The third-order valence-corrected chi connectivity index (χ3v) is 6.96. The molecule has 0 aromatic heterocycles. The number of hydrogen-bond acceptors (Lipinski definition) is 5. The summed E-state index contributed by atoms with van der Waals surface area (Å²) in [6.45, 7) is 6.86. The second-order valence-electron chi connectivity index (χ2n) is 7.84. The summed E-state index contributed by atoms with van der Waals surface area (Å²) < 4.78 is 19.2. The number of ether oxygens (including phenoxy) is 3. The Morgan fingerprint density at radius 2 is 1.82 bits per heavy atom. The molecule has 0 saturated heterocycles. The molecule has 0 bridgehead atoms. The molecular formula is C27H23BrINO4. The van der Waals surface area contributed by atoms with Gasteiger partial charge in [-0.15, -0.1) is 0 Å². The number of hydrogen-bond donors (Lipinski definition) is 0.